The maximum atomic E-state index is 13.9. The van der Waals surface area contributed by atoms with Crippen molar-refractivity contribution in [3.05, 3.63) is 81.4 Å². The Balaban J connectivity index is 2.28. The van der Waals surface area contributed by atoms with E-state index in [1.807, 2.05) is 60.7 Å². The monoisotopic (exact) mass is 468 g/mol. The topological polar surface area (TPSA) is 44.0 Å². The molecule has 2 aromatic carbocycles. The van der Waals surface area contributed by atoms with Crippen molar-refractivity contribution in [3.8, 4) is 0 Å². The molecule has 3 rings (SSSR count). The minimum absolute atomic E-state index is 0.115. The third kappa shape index (κ3) is 6.42. The lowest BCUT2D eigenvalue weighted by molar-refractivity contribution is 0.224. The van der Waals surface area contributed by atoms with E-state index in [0.29, 0.717) is 22.9 Å². The van der Waals surface area contributed by atoms with Crippen LogP contribution < -0.4 is 11.1 Å². The predicted octanol–water partition coefficient (Wildman–Crippen LogP) is 6.40. The second kappa shape index (κ2) is 9.75. The minimum Gasteiger partial charge on any atom is -0.267 e. The molecule has 1 aromatic heterocycles. The van der Waals surface area contributed by atoms with Crippen molar-refractivity contribution in [3.63, 3.8) is 0 Å². The first kappa shape index (κ1) is 24.5. The van der Waals surface area contributed by atoms with Crippen LogP contribution in [0.1, 0.15) is 41.5 Å². The summed E-state index contributed by atoms with van der Waals surface area (Å²) in [5.41, 5.74) is -0.538. The molecule has 4 nitrogen and oxygen atoms in total. The molecular weight excluding hydrogens is 436 g/mol. The largest absolute Gasteiger partial charge is 0.280 e. The lowest BCUT2D eigenvalue weighted by Gasteiger charge is -2.28. The molecule has 0 saturated carbocycles. The predicted molar refractivity (Wildman–Crippen MR) is 135 cm³/mol. The molecule has 1 heterocycles. The lowest BCUT2D eigenvalue weighted by atomic mass is 9.96. The van der Waals surface area contributed by atoms with Crippen molar-refractivity contribution in [2.45, 2.75) is 74.2 Å². The zero-order chi connectivity index (χ0) is 23.5. The highest BCUT2D eigenvalue weighted by molar-refractivity contribution is 8.02. The van der Waals surface area contributed by atoms with Crippen LogP contribution in [-0.4, -0.2) is 9.36 Å². The van der Waals surface area contributed by atoms with Crippen molar-refractivity contribution in [2.24, 2.45) is 10.8 Å². The first-order valence-corrected chi connectivity index (χ1v) is 12.4. The van der Waals surface area contributed by atoms with E-state index < -0.39 is 0 Å². The smallest absolute Gasteiger partial charge is 0.267 e. The van der Waals surface area contributed by atoms with Crippen LogP contribution in [0, 0.1) is 10.8 Å². The number of aromatic nitrogens is 2. The summed E-state index contributed by atoms with van der Waals surface area (Å²) in [6.45, 7) is 13.4. The van der Waals surface area contributed by atoms with Crippen LogP contribution in [-0.2, 0) is 13.1 Å². The molecule has 0 radical (unpaired) electrons. The fourth-order valence-corrected chi connectivity index (χ4v) is 5.31. The molecular formula is C26H32N2O2S2. The van der Waals surface area contributed by atoms with E-state index >= 15 is 0 Å². The van der Waals surface area contributed by atoms with Gasteiger partial charge in [0.2, 0.25) is 0 Å². The van der Waals surface area contributed by atoms with Gasteiger partial charge in [0, 0.05) is 22.9 Å². The van der Waals surface area contributed by atoms with Crippen molar-refractivity contribution in [1.82, 2.24) is 9.36 Å². The SMILES string of the molecule is CC(C)(C)Cn1c(=O)c(Sc2ccccc2)c(Sc2ccccc2)c(=O)n1CC(C)(C)C. The van der Waals surface area contributed by atoms with Crippen LogP contribution >= 0.6 is 23.5 Å². The molecule has 6 heteroatoms. The van der Waals surface area contributed by atoms with Crippen LogP contribution in [0.4, 0.5) is 0 Å². The zero-order valence-corrected chi connectivity index (χ0v) is 21.3. The van der Waals surface area contributed by atoms with Gasteiger partial charge in [-0.1, -0.05) is 101 Å². The fourth-order valence-electron chi connectivity index (χ4n) is 3.25. The molecule has 32 heavy (non-hydrogen) atoms. The lowest BCUT2D eigenvalue weighted by Crippen LogP contribution is -2.44. The number of rotatable bonds is 6. The molecule has 0 bridgehead atoms. The van der Waals surface area contributed by atoms with Gasteiger partial charge in [-0.05, 0) is 35.1 Å². The molecule has 0 spiro atoms. The molecule has 0 N–H and O–H groups in total. The summed E-state index contributed by atoms with van der Waals surface area (Å²) in [7, 11) is 0. The van der Waals surface area contributed by atoms with Gasteiger partial charge in [-0.2, -0.15) is 0 Å². The maximum absolute atomic E-state index is 13.9. The van der Waals surface area contributed by atoms with Crippen molar-refractivity contribution in [2.75, 3.05) is 0 Å². The van der Waals surface area contributed by atoms with Crippen molar-refractivity contribution >= 4 is 23.5 Å². The Bertz CT molecular complexity index is 1070. The Labute approximate surface area is 199 Å². The Morgan fingerprint density at radius 1 is 0.594 bits per heavy atom. The standard InChI is InChI=1S/C26H32N2O2S2/c1-25(2,3)17-27-23(29)21(31-19-13-9-7-10-14-19)22(32-20-15-11-8-12-16-20)24(30)28(27)18-26(4,5)6/h7-16H,17-18H2,1-6H3. The van der Waals surface area contributed by atoms with E-state index in [0.717, 1.165) is 9.79 Å². The highest BCUT2D eigenvalue weighted by Gasteiger charge is 2.26. The summed E-state index contributed by atoms with van der Waals surface area (Å²) in [4.78, 5) is 30.6. The van der Waals surface area contributed by atoms with Crippen LogP contribution in [0.25, 0.3) is 0 Å². The first-order chi connectivity index (χ1) is 14.9. The summed E-state index contributed by atoms with van der Waals surface area (Å²) in [5.74, 6) is 0. The third-order valence-corrected chi connectivity index (χ3v) is 6.84. The first-order valence-electron chi connectivity index (χ1n) is 10.8. The Morgan fingerprint density at radius 2 is 0.906 bits per heavy atom. The zero-order valence-electron chi connectivity index (χ0n) is 19.7. The number of hydrogen-bond donors (Lipinski definition) is 0. The van der Waals surface area contributed by atoms with Crippen LogP contribution in [0.15, 0.2) is 89.8 Å². The highest BCUT2D eigenvalue weighted by atomic mass is 32.2. The van der Waals surface area contributed by atoms with Crippen molar-refractivity contribution < 1.29 is 0 Å². The van der Waals surface area contributed by atoms with Gasteiger partial charge in [-0.3, -0.25) is 9.59 Å². The van der Waals surface area contributed by atoms with E-state index in [9.17, 15) is 9.59 Å². The van der Waals surface area contributed by atoms with E-state index in [4.69, 9.17) is 0 Å². The molecule has 0 aliphatic rings. The van der Waals surface area contributed by atoms with E-state index in [1.54, 1.807) is 9.36 Å². The van der Waals surface area contributed by atoms with Gasteiger partial charge in [0.1, 0.15) is 0 Å². The van der Waals surface area contributed by atoms with Gasteiger partial charge in [-0.15, -0.1) is 0 Å². The van der Waals surface area contributed by atoms with Gasteiger partial charge in [0.15, 0.2) is 0 Å². The fraction of sp³-hybridized carbons (Fsp3) is 0.385. The molecule has 3 aromatic rings. The minimum atomic E-state index is -0.154. The average molecular weight is 469 g/mol. The Morgan fingerprint density at radius 3 is 1.19 bits per heavy atom. The Kier molecular flexibility index (Phi) is 7.46. The molecule has 0 unspecified atom stereocenters. The average Bonchev–Trinajstić information content (AvgIpc) is 2.71. The highest BCUT2D eigenvalue weighted by Crippen LogP contribution is 2.35. The summed E-state index contributed by atoms with van der Waals surface area (Å²) in [6, 6.07) is 19.5. The normalized spacial score (nSPS) is 12.2. The summed E-state index contributed by atoms with van der Waals surface area (Å²) in [5, 5.41) is 0. The van der Waals surface area contributed by atoms with Gasteiger partial charge in [0.25, 0.3) is 11.1 Å². The maximum Gasteiger partial charge on any atom is 0.280 e. The number of benzene rings is 2. The van der Waals surface area contributed by atoms with E-state index in [1.165, 1.54) is 23.5 Å². The molecule has 170 valence electrons. The quantitative estimate of drug-likeness (QED) is 0.420. The number of nitrogens with zero attached hydrogens (tertiary/aromatic N) is 2. The molecule has 0 amide bonds. The second-order valence-corrected chi connectivity index (χ2v) is 12.5. The molecule has 0 aliphatic heterocycles. The van der Waals surface area contributed by atoms with Gasteiger partial charge < -0.3 is 0 Å². The molecule has 0 saturated heterocycles. The Hall–Kier alpha value is -2.18. The van der Waals surface area contributed by atoms with Gasteiger partial charge in [0.05, 0.1) is 9.79 Å². The van der Waals surface area contributed by atoms with Gasteiger partial charge in [-0.25, -0.2) is 9.36 Å². The molecule has 0 fully saturated rings. The summed E-state index contributed by atoms with van der Waals surface area (Å²) in [6.07, 6.45) is 0. The van der Waals surface area contributed by atoms with Crippen LogP contribution in [0.3, 0.4) is 0 Å². The second-order valence-electron chi connectivity index (χ2n) is 10.3. The van der Waals surface area contributed by atoms with Crippen LogP contribution in [0.2, 0.25) is 0 Å². The summed E-state index contributed by atoms with van der Waals surface area (Å²) < 4.78 is 3.32. The van der Waals surface area contributed by atoms with Gasteiger partial charge >= 0.3 is 0 Å². The molecule has 0 aliphatic carbocycles. The van der Waals surface area contributed by atoms with E-state index in [-0.39, 0.29) is 21.9 Å². The van der Waals surface area contributed by atoms with E-state index in [2.05, 4.69) is 41.5 Å². The summed E-state index contributed by atoms with van der Waals surface area (Å²) >= 11 is 2.75. The third-order valence-electron chi connectivity index (χ3n) is 4.53. The molecule has 0 atom stereocenters. The number of hydrogen-bond acceptors (Lipinski definition) is 4. The van der Waals surface area contributed by atoms with Crippen LogP contribution in [0.5, 0.6) is 0 Å². The van der Waals surface area contributed by atoms with Crippen molar-refractivity contribution in [1.29, 1.82) is 0 Å².